The summed E-state index contributed by atoms with van der Waals surface area (Å²) in [7, 11) is 0. The predicted molar refractivity (Wildman–Crippen MR) is 72.8 cm³/mol. The van der Waals surface area contributed by atoms with Crippen LogP contribution < -0.4 is 5.32 Å². The second kappa shape index (κ2) is 6.73. The lowest BCUT2D eigenvalue weighted by atomic mass is 10.1. The number of hydrogen-bond acceptors (Lipinski definition) is 2. The Morgan fingerprint density at radius 3 is 2.69 bits per heavy atom. The molecule has 1 aromatic rings. The average molecular weight is 235 g/mol. The van der Waals surface area contributed by atoms with Crippen molar-refractivity contribution < 1.29 is 0 Å². The van der Waals surface area contributed by atoms with E-state index in [1.165, 1.54) is 9.75 Å². The second-order valence-corrected chi connectivity index (χ2v) is 5.25. The third-order valence-electron chi connectivity index (χ3n) is 2.69. The van der Waals surface area contributed by atoms with Crippen LogP contribution in [-0.4, -0.2) is 6.04 Å². The lowest BCUT2D eigenvalue weighted by Crippen LogP contribution is -2.29. The largest absolute Gasteiger partial charge is 0.296 e. The Labute approximate surface area is 103 Å². The van der Waals surface area contributed by atoms with Crippen LogP contribution in [0.3, 0.4) is 0 Å². The lowest BCUT2D eigenvalue weighted by Gasteiger charge is -2.17. The quantitative estimate of drug-likeness (QED) is 0.740. The molecule has 0 spiro atoms. The fraction of sp³-hybridized carbons (Fsp3) is 0.571. The number of rotatable bonds is 6. The van der Waals surface area contributed by atoms with Gasteiger partial charge in [0.25, 0.3) is 0 Å². The molecule has 2 heteroatoms. The molecule has 0 aliphatic heterocycles. The summed E-state index contributed by atoms with van der Waals surface area (Å²) in [5, 5.41) is 3.50. The van der Waals surface area contributed by atoms with E-state index in [1.807, 2.05) is 11.3 Å². The highest BCUT2D eigenvalue weighted by molar-refractivity contribution is 7.12. The minimum Gasteiger partial charge on any atom is -0.296 e. The van der Waals surface area contributed by atoms with Gasteiger partial charge in [-0.05, 0) is 31.9 Å². The summed E-state index contributed by atoms with van der Waals surface area (Å²) >= 11 is 1.88. The maximum Gasteiger partial charge on any atom is 0.0691 e. The zero-order valence-corrected chi connectivity index (χ0v) is 11.2. The maximum absolute atomic E-state index is 5.51. The van der Waals surface area contributed by atoms with E-state index in [9.17, 15) is 0 Å². The summed E-state index contributed by atoms with van der Waals surface area (Å²) in [4.78, 5) is 2.82. The SMILES string of the molecule is C#CC(CCC)NC(C)c1ccc(CC)s1. The van der Waals surface area contributed by atoms with Gasteiger partial charge in [-0.1, -0.05) is 26.2 Å². The molecule has 0 saturated heterocycles. The van der Waals surface area contributed by atoms with E-state index in [-0.39, 0.29) is 6.04 Å². The van der Waals surface area contributed by atoms with Crippen LogP contribution in [0.15, 0.2) is 12.1 Å². The Morgan fingerprint density at radius 1 is 1.44 bits per heavy atom. The van der Waals surface area contributed by atoms with E-state index >= 15 is 0 Å². The smallest absolute Gasteiger partial charge is 0.0691 e. The molecule has 0 bridgehead atoms. The topological polar surface area (TPSA) is 12.0 Å². The first-order chi connectivity index (χ1) is 7.71. The fourth-order valence-electron chi connectivity index (χ4n) is 1.70. The number of hydrogen-bond donors (Lipinski definition) is 1. The van der Waals surface area contributed by atoms with Crippen molar-refractivity contribution in [3.63, 3.8) is 0 Å². The minimum absolute atomic E-state index is 0.201. The Hall–Kier alpha value is -0.780. The lowest BCUT2D eigenvalue weighted by molar-refractivity contribution is 0.500. The van der Waals surface area contributed by atoms with Gasteiger partial charge in [0, 0.05) is 15.8 Å². The van der Waals surface area contributed by atoms with E-state index in [1.54, 1.807) is 0 Å². The summed E-state index contributed by atoms with van der Waals surface area (Å²) in [6.07, 6.45) is 8.80. The molecule has 1 nitrogen and oxygen atoms in total. The summed E-state index contributed by atoms with van der Waals surface area (Å²) in [6, 6.07) is 4.98. The predicted octanol–water partition coefficient (Wildman–Crippen LogP) is 3.76. The molecular formula is C14H21NS. The van der Waals surface area contributed by atoms with Crippen molar-refractivity contribution in [3.8, 4) is 12.3 Å². The summed E-state index contributed by atoms with van der Waals surface area (Å²) in [6.45, 7) is 6.54. The number of terminal acetylenes is 1. The van der Waals surface area contributed by atoms with Crippen molar-refractivity contribution >= 4 is 11.3 Å². The maximum atomic E-state index is 5.51. The van der Waals surface area contributed by atoms with Crippen LogP contribution in [0.4, 0.5) is 0 Å². The molecule has 0 saturated carbocycles. The van der Waals surface area contributed by atoms with E-state index in [4.69, 9.17) is 6.42 Å². The van der Waals surface area contributed by atoms with Gasteiger partial charge < -0.3 is 0 Å². The third-order valence-corrected chi connectivity index (χ3v) is 4.10. The normalized spacial score (nSPS) is 14.4. The second-order valence-electron chi connectivity index (χ2n) is 4.05. The molecule has 0 amide bonds. The van der Waals surface area contributed by atoms with Crippen LogP contribution >= 0.6 is 11.3 Å². The van der Waals surface area contributed by atoms with Crippen LogP contribution in [-0.2, 0) is 6.42 Å². The fourth-order valence-corrected chi connectivity index (χ4v) is 2.67. The molecule has 1 rings (SSSR count). The van der Waals surface area contributed by atoms with Gasteiger partial charge in [-0.3, -0.25) is 5.32 Å². The molecule has 1 heterocycles. The molecule has 88 valence electrons. The van der Waals surface area contributed by atoms with Gasteiger partial charge >= 0.3 is 0 Å². The van der Waals surface area contributed by atoms with Crippen LogP contribution in [0.1, 0.15) is 49.4 Å². The Bertz CT molecular complexity index is 348. The Morgan fingerprint density at radius 2 is 2.19 bits per heavy atom. The zero-order valence-electron chi connectivity index (χ0n) is 10.4. The first-order valence-corrected chi connectivity index (χ1v) is 6.83. The van der Waals surface area contributed by atoms with E-state index in [0.29, 0.717) is 6.04 Å². The molecule has 0 aromatic carbocycles. The summed E-state index contributed by atoms with van der Waals surface area (Å²) in [5.74, 6) is 2.82. The van der Waals surface area contributed by atoms with Gasteiger partial charge in [-0.15, -0.1) is 17.8 Å². The highest BCUT2D eigenvalue weighted by atomic mass is 32.1. The summed E-state index contributed by atoms with van der Waals surface area (Å²) < 4.78 is 0. The van der Waals surface area contributed by atoms with Gasteiger partial charge in [-0.25, -0.2) is 0 Å². The summed E-state index contributed by atoms with van der Waals surface area (Å²) in [5.41, 5.74) is 0. The molecule has 2 atom stereocenters. The molecular weight excluding hydrogens is 214 g/mol. The van der Waals surface area contributed by atoms with Gasteiger partial charge in [0.05, 0.1) is 6.04 Å². The molecule has 2 unspecified atom stereocenters. The Balaban J connectivity index is 2.57. The van der Waals surface area contributed by atoms with Gasteiger partial charge in [0.15, 0.2) is 0 Å². The van der Waals surface area contributed by atoms with Crippen LogP contribution in [0.5, 0.6) is 0 Å². The monoisotopic (exact) mass is 235 g/mol. The standard InChI is InChI=1S/C14H21NS/c1-5-8-12(6-2)15-11(4)14-10-9-13(7-3)16-14/h2,9-12,15H,5,7-8H2,1,3-4H3. The van der Waals surface area contributed by atoms with Crippen molar-refractivity contribution in [2.45, 2.75) is 52.1 Å². The molecule has 16 heavy (non-hydrogen) atoms. The van der Waals surface area contributed by atoms with E-state index in [0.717, 1.165) is 19.3 Å². The zero-order chi connectivity index (χ0) is 12.0. The number of aryl methyl sites for hydroxylation is 1. The third kappa shape index (κ3) is 3.66. The van der Waals surface area contributed by atoms with Crippen molar-refractivity contribution in [3.05, 3.63) is 21.9 Å². The first kappa shape index (κ1) is 13.3. The molecule has 0 fully saturated rings. The number of nitrogens with one attached hydrogen (secondary N) is 1. The molecule has 1 N–H and O–H groups in total. The average Bonchev–Trinajstić information content (AvgIpc) is 2.76. The first-order valence-electron chi connectivity index (χ1n) is 6.02. The van der Waals surface area contributed by atoms with Crippen molar-refractivity contribution in [1.82, 2.24) is 5.32 Å². The highest BCUT2D eigenvalue weighted by Gasteiger charge is 2.12. The van der Waals surface area contributed by atoms with Gasteiger partial charge in [0.2, 0.25) is 0 Å². The molecule has 0 aliphatic rings. The van der Waals surface area contributed by atoms with E-state index in [2.05, 4.69) is 44.1 Å². The van der Waals surface area contributed by atoms with Crippen LogP contribution in [0, 0.1) is 12.3 Å². The van der Waals surface area contributed by atoms with Gasteiger partial charge in [0.1, 0.15) is 0 Å². The van der Waals surface area contributed by atoms with E-state index < -0.39 is 0 Å². The van der Waals surface area contributed by atoms with Crippen LogP contribution in [0.25, 0.3) is 0 Å². The minimum atomic E-state index is 0.201. The van der Waals surface area contributed by atoms with Crippen molar-refractivity contribution in [2.75, 3.05) is 0 Å². The van der Waals surface area contributed by atoms with Gasteiger partial charge in [-0.2, -0.15) is 0 Å². The highest BCUT2D eigenvalue weighted by Crippen LogP contribution is 2.24. The molecule has 0 aliphatic carbocycles. The molecule has 0 radical (unpaired) electrons. The number of thiophene rings is 1. The molecule has 1 aromatic heterocycles. The van der Waals surface area contributed by atoms with Crippen molar-refractivity contribution in [1.29, 1.82) is 0 Å². The Kier molecular flexibility index (Phi) is 5.59. The van der Waals surface area contributed by atoms with Crippen molar-refractivity contribution in [2.24, 2.45) is 0 Å². The van der Waals surface area contributed by atoms with Crippen LogP contribution in [0.2, 0.25) is 0 Å².